The van der Waals surface area contributed by atoms with Gasteiger partial charge >= 0.3 is 5.97 Å². The number of pyridine rings is 1. The molecule has 0 amide bonds. The SMILES string of the molecule is CN1CCN(Nc2ccc(C(=O)O)nc2)CC1. The van der Waals surface area contributed by atoms with Gasteiger partial charge in [0.2, 0.25) is 0 Å². The van der Waals surface area contributed by atoms with E-state index in [4.69, 9.17) is 5.11 Å². The van der Waals surface area contributed by atoms with E-state index in [1.807, 2.05) is 0 Å². The number of aromatic carboxylic acids is 1. The standard InChI is InChI=1S/C11H16N4O2/c1-14-4-6-15(7-5-14)13-9-2-3-10(11(16)17)12-8-9/h2-3,8,13H,4-7H2,1H3,(H,16,17). The molecule has 1 saturated heterocycles. The zero-order valence-electron chi connectivity index (χ0n) is 9.76. The third kappa shape index (κ3) is 3.15. The Morgan fingerprint density at radius 3 is 2.59 bits per heavy atom. The van der Waals surface area contributed by atoms with Crippen molar-refractivity contribution in [3.63, 3.8) is 0 Å². The first-order valence-corrected chi connectivity index (χ1v) is 5.54. The number of hydrazine groups is 1. The van der Waals surface area contributed by atoms with Gasteiger partial charge < -0.3 is 15.4 Å². The molecule has 0 unspecified atom stereocenters. The second-order valence-corrected chi connectivity index (χ2v) is 4.14. The topological polar surface area (TPSA) is 68.7 Å². The lowest BCUT2D eigenvalue weighted by molar-refractivity contribution is 0.0690. The van der Waals surface area contributed by atoms with Crippen LogP contribution in [0.1, 0.15) is 10.5 Å². The molecule has 1 aliphatic heterocycles. The van der Waals surface area contributed by atoms with E-state index in [9.17, 15) is 4.79 Å². The first kappa shape index (κ1) is 11.8. The van der Waals surface area contributed by atoms with Gasteiger partial charge in [-0.15, -0.1) is 0 Å². The first-order chi connectivity index (χ1) is 8.15. The van der Waals surface area contributed by atoms with Crippen LogP contribution in [0.5, 0.6) is 0 Å². The van der Waals surface area contributed by atoms with Crippen molar-refractivity contribution in [3.05, 3.63) is 24.0 Å². The van der Waals surface area contributed by atoms with Crippen molar-refractivity contribution in [1.82, 2.24) is 14.9 Å². The molecule has 0 bridgehead atoms. The molecule has 1 fully saturated rings. The number of hydrogen-bond acceptors (Lipinski definition) is 5. The highest BCUT2D eigenvalue weighted by molar-refractivity contribution is 5.85. The molecule has 6 nitrogen and oxygen atoms in total. The fourth-order valence-electron chi connectivity index (χ4n) is 1.69. The Labute approximate surface area is 99.8 Å². The molecule has 92 valence electrons. The molecule has 0 aliphatic carbocycles. The molecule has 2 rings (SSSR count). The Bertz CT molecular complexity index is 385. The maximum atomic E-state index is 10.6. The highest BCUT2D eigenvalue weighted by Crippen LogP contribution is 2.09. The Balaban J connectivity index is 1.92. The molecule has 1 aliphatic rings. The predicted molar refractivity (Wildman–Crippen MR) is 63.9 cm³/mol. The Kier molecular flexibility index (Phi) is 3.55. The normalized spacial score (nSPS) is 17.9. The van der Waals surface area contributed by atoms with Crippen LogP contribution in [0.3, 0.4) is 0 Å². The van der Waals surface area contributed by atoms with Gasteiger partial charge in [-0.2, -0.15) is 0 Å². The summed E-state index contributed by atoms with van der Waals surface area (Å²) in [5.41, 5.74) is 4.10. The average molecular weight is 236 g/mol. The first-order valence-electron chi connectivity index (χ1n) is 5.54. The van der Waals surface area contributed by atoms with Gasteiger partial charge in [0.15, 0.2) is 0 Å². The molecule has 1 aromatic rings. The van der Waals surface area contributed by atoms with Crippen LogP contribution in [-0.4, -0.2) is 59.2 Å². The van der Waals surface area contributed by atoms with Crippen LogP contribution < -0.4 is 5.43 Å². The molecule has 6 heteroatoms. The summed E-state index contributed by atoms with van der Waals surface area (Å²) in [6.07, 6.45) is 1.54. The molecule has 0 radical (unpaired) electrons. The minimum Gasteiger partial charge on any atom is -0.477 e. The van der Waals surface area contributed by atoms with Crippen molar-refractivity contribution < 1.29 is 9.90 Å². The number of carboxylic acids is 1. The highest BCUT2D eigenvalue weighted by Gasteiger charge is 2.13. The van der Waals surface area contributed by atoms with E-state index in [1.54, 1.807) is 12.3 Å². The van der Waals surface area contributed by atoms with Crippen LogP contribution in [-0.2, 0) is 0 Å². The lowest BCUT2D eigenvalue weighted by Gasteiger charge is -2.32. The Morgan fingerprint density at radius 1 is 1.35 bits per heavy atom. The van der Waals surface area contributed by atoms with Gasteiger partial charge in [-0.25, -0.2) is 14.8 Å². The number of hydrogen-bond donors (Lipinski definition) is 2. The zero-order valence-corrected chi connectivity index (χ0v) is 9.76. The van der Waals surface area contributed by atoms with E-state index in [0.29, 0.717) is 0 Å². The van der Waals surface area contributed by atoms with Crippen molar-refractivity contribution in [1.29, 1.82) is 0 Å². The number of nitrogens with zero attached hydrogens (tertiary/aromatic N) is 3. The number of anilines is 1. The van der Waals surface area contributed by atoms with E-state index < -0.39 is 5.97 Å². The summed E-state index contributed by atoms with van der Waals surface area (Å²) in [5, 5.41) is 10.8. The summed E-state index contributed by atoms with van der Waals surface area (Å²) < 4.78 is 0. The van der Waals surface area contributed by atoms with Gasteiger partial charge in [0.05, 0.1) is 11.9 Å². The molecule has 0 atom stereocenters. The van der Waals surface area contributed by atoms with E-state index in [1.165, 1.54) is 6.07 Å². The van der Waals surface area contributed by atoms with Crippen LogP contribution in [0.15, 0.2) is 18.3 Å². The van der Waals surface area contributed by atoms with Crippen molar-refractivity contribution in [3.8, 4) is 0 Å². The molecule has 2 N–H and O–H groups in total. The zero-order chi connectivity index (χ0) is 12.3. The highest BCUT2D eigenvalue weighted by atomic mass is 16.4. The number of likely N-dealkylation sites (N-methyl/N-ethyl adjacent to an activating group) is 1. The lowest BCUT2D eigenvalue weighted by atomic mass is 10.3. The van der Waals surface area contributed by atoms with E-state index >= 15 is 0 Å². The molecule has 0 saturated carbocycles. The number of rotatable bonds is 3. The minimum absolute atomic E-state index is 0.0638. The van der Waals surface area contributed by atoms with Crippen molar-refractivity contribution in [2.45, 2.75) is 0 Å². The van der Waals surface area contributed by atoms with Gasteiger partial charge in [-0.1, -0.05) is 0 Å². The van der Waals surface area contributed by atoms with Crippen LogP contribution in [0.4, 0.5) is 5.69 Å². The number of aromatic nitrogens is 1. The molecule has 17 heavy (non-hydrogen) atoms. The van der Waals surface area contributed by atoms with Gasteiger partial charge in [0, 0.05) is 26.2 Å². The van der Waals surface area contributed by atoms with Gasteiger partial charge in [0.1, 0.15) is 5.69 Å². The fourth-order valence-corrected chi connectivity index (χ4v) is 1.69. The van der Waals surface area contributed by atoms with Gasteiger partial charge in [-0.3, -0.25) is 0 Å². The van der Waals surface area contributed by atoms with Crippen LogP contribution in [0, 0.1) is 0 Å². The number of nitrogens with one attached hydrogen (secondary N) is 1. The fraction of sp³-hybridized carbons (Fsp3) is 0.455. The summed E-state index contributed by atoms with van der Waals surface area (Å²) in [6.45, 7) is 3.93. The molecule has 1 aromatic heterocycles. The summed E-state index contributed by atoms with van der Waals surface area (Å²) in [7, 11) is 2.10. The van der Waals surface area contributed by atoms with Crippen molar-refractivity contribution in [2.75, 3.05) is 38.7 Å². The second kappa shape index (κ2) is 5.11. The van der Waals surface area contributed by atoms with Crippen molar-refractivity contribution >= 4 is 11.7 Å². The number of carbonyl (C=O) groups is 1. The van der Waals surface area contributed by atoms with E-state index in [-0.39, 0.29) is 5.69 Å². The minimum atomic E-state index is -1.00. The molecule has 2 heterocycles. The summed E-state index contributed by atoms with van der Waals surface area (Å²) >= 11 is 0. The monoisotopic (exact) mass is 236 g/mol. The third-order valence-corrected chi connectivity index (χ3v) is 2.77. The number of carboxylic acid groups (broad SMARTS) is 1. The quantitative estimate of drug-likeness (QED) is 0.789. The molecular formula is C11H16N4O2. The predicted octanol–water partition coefficient (Wildman–Crippen LogP) is 0.354. The van der Waals surface area contributed by atoms with Crippen LogP contribution in [0.25, 0.3) is 0 Å². The van der Waals surface area contributed by atoms with Crippen molar-refractivity contribution in [2.24, 2.45) is 0 Å². The maximum Gasteiger partial charge on any atom is 0.354 e. The number of piperazine rings is 1. The molecule has 0 aromatic carbocycles. The maximum absolute atomic E-state index is 10.6. The molecular weight excluding hydrogens is 220 g/mol. The second-order valence-electron chi connectivity index (χ2n) is 4.14. The van der Waals surface area contributed by atoms with Crippen LogP contribution in [0.2, 0.25) is 0 Å². The van der Waals surface area contributed by atoms with Gasteiger partial charge in [0.25, 0.3) is 0 Å². The van der Waals surface area contributed by atoms with Crippen LogP contribution >= 0.6 is 0 Å². The largest absolute Gasteiger partial charge is 0.477 e. The molecule has 0 spiro atoms. The summed E-state index contributed by atoms with van der Waals surface area (Å²) in [6, 6.07) is 3.23. The third-order valence-electron chi connectivity index (χ3n) is 2.77. The lowest BCUT2D eigenvalue weighted by Crippen LogP contribution is -2.46. The smallest absolute Gasteiger partial charge is 0.354 e. The Morgan fingerprint density at radius 2 is 2.06 bits per heavy atom. The van der Waals surface area contributed by atoms with Gasteiger partial charge in [-0.05, 0) is 19.2 Å². The van der Waals surface area contributed by atoms with E-state index in [0.717, 1.165) is 31.9 Å². The van der Waals surface area contributed by atoms with E-state index in [2.05, 4.69) is 27.4 Å². The average Bonchev–Trinajstić information content (AvgIpc) is 2.33. The summed E-state index contributed by atoms with van der Waals surface area (Å²) in [4.78, 5) is 16.8. The summed E-state index contributed by atoms with van der Waals surface area (Å²) in [5.74, 6) is -1.00. The Hall–Kier alpha value is -1.66.